The Kier molecular flexibility index (Phi) is 4.86. The normalized spacial score (nSPS) is 12.2. The lowest BCUT2D eigenvalue weighted by Gasteiger charge is -2.14. The number of rotatable bonds is 4. The summed E-state index contributed by atoms with van der Waals surface area (Å²) in [6.45, 7) is 0. The summed E-state index contributed by atoms with van der Waals surface area (Å²) in [5.74, 6) is -0.189. The summed E-state index contributed by atoms with van der Waals surface area (Å²) in [6, 6.07) is 9.63. The predicted molar refractivity (Wildman–Crippen MR) is 80.0 cm³/mol. The molecule has 2 nitrogen and oxygen atoms in total. The number of benzene rings is 2. The van der Waals surface area contributed by atoms with Crippen molar-refractivity contribution >= 4 is 23.2 Å². The van der Waals surface area contributed by atoms with Gasteiger partial charge in [0.1, 0.15) is 0 Å². The van der Waals surface area contributed by atoms with E-state index < -0.39 is 5.82 Å². The van der Waals surface area contributed by atoms with Crippen molar-refractivity contribution in [3.05, 3.63) is 63.4 Å². The first kappa shape index (κ1) is 15.1. The van der Waals surface area contributed by atoms with E-state index >= 15 is 0 Å². The molecule has 0 fully saturated rings. The average molecular weight is 314 g/mol. The van der Waals surface area contributed by atoms with Gasteiger partial charge < -0.3 is 10.5 Å². The summed E-state index contributed by atoms with van der Waals surface area (Å²) in [5, 5.41) is 1.07. The Morgan fingerprint density at radius 2 is 1.95 bits per heavy atom. The number of hydrogen-bond acceptors (Lipinski definition) is 2. The molecule has 0 aliphatic carbocycles. The number of halogens is 3. The van der Waals surface area contributed by atoms with Gasteiger partial charge in [-0.05, 0) is 41.8 Å². The fraction of sp³-hybridized carbons (Fsp3) is 0.200. The van der Waals surface area contributed by atoms with Crippen molar-refractivity contribution in [1.29, 1.82) is 0 Å². The van der Waals surface area contributed by atoms with Gasteiger partial charge in [-0.1, -0.05) is 35.3 Å². The Hall–Kier alpha value is -1.29. The molecule has 0 saturated heterocycles. The van der Waals surface area contributed by atoms with Crippen molar-refractivity contribution in [3.63, 3.8) is 0 Å². The zero-order valence-electron chi connectivity index (χ0n) is 10.9. The van der Waals surface area contributed by atoms with Crippen molar-refractivity contribution < 1.29 is 9.13 Å². The van der Waals surface area contributed by atoms with E-state index in [1.54, 1.807) is 30.3 Å². The first-order valence-electron chi connectivity index (χ1n) is 6.04. The quantitative estimate of drug-likeness (QED) is 0.909. The van der Waals surface area contributed by atoms with Gasteiger partial charge in [0.05, 0.1) is 7.11 Å². The van der Waals surface area contributed by atoms with Crippen molar-refractivity contribution in [2.45, 2.75) is 12.5 Å². The molecule has 0 aliphatic heterocycles. The molecule has 1 unspecified atom stereocenters. The molecule has 5 heteroatoms. The first-order chi connectivity index (χ1) is 9.51. The lowest BCUT2D eigenvalue weighted by molar-refractivity contribution is 0.386. The van der Waals surface area contributed by atoms with E-state index in [0.717, 1.165) is 11.1 Å². The van der Waals surface area contributed by atoms with Gasteiger partial charge in [-0.3, -0.25) is 0 Å². The molecule has 2 rings (SSSR count). The van der Waals surface area contributed by atoms with E-state index in [1.165, 1.54) is 13.2 Å². The second kappa shape index (κ2) is 6.44. The van der Waals surface area contributed by atoms with Crippen LogP contribution in [0.2, 0.25) is 10.0 Å². The molecule has 0 heterocycles. The molecule has 0 saturated carbocycles. The van der Waals surface area contributed by atoms with Crippen LogP contribution >= 0.6 is 23.2 Å². The lowest BCUT2D eigenvalue weighted by atomic mass is 9.99. The highest BCUT2D eigenvalue weighted by Crippen LogP contribution is 2.28. The number of nitrogens with two attached hydrogens (primary N) is 1. The molecule has 0 amide bonds. The molecule has 1 atom stereocenters. The number of hydrogen-bond donors (Lipinski definition) is 1. The molecule has 106 valence electrons. The van der Waals surface area contributed by atoms with Crippen LogP contribution in [0.3, 0.4) is 0 Å². The zero-order valence-corrected chi connectivity index (χ0v) is 12.4. The third-order valence-electron chi connectivity index (χ3n) is 3.03. The van der Waals surface area contributed by atoms with Crippen LogP contribution in [0.1, 0.15) is 17.2 Å². The Balaban J connectivity index is 2.18. The van der Waals surface area contributed by atoms with Crippen LogP contribution in [0.4, 0.5) is 4.39 Å². The molecule has 2 aromatic rings. The lowest BCUT2D eigenvalue weighted by Crippen LogP contribution is -2.14. The van der Waals surface area contributed by atoms with Crippen LogP contribution in [-0.4, -0.2) is 7.11 Å². The van der Waals surface area contributed by atoms with Crippen molar-refractivity contribution in [2.24, 2.45) is 5.73 Å². The molecule has 0 bridgehead atoms. The highest BCUT2D eigenvalue weighted by Gasteiger charge is 2.13. The molecule has 2 N–H and O–H groups in total. The molecule has 0 spiro atoms. The van der Waals surface area contributed by atoms with Crippen LogP contribution in [0.15, 0.2) is 36.4 Å². The monoisotopic (exact) mass is 313 g/mol. The summed E-state index contributed by atoms with van der Waals surface area (Å²) < 4.78 is 18.5. The number of methoxy groups -OCH3 is 1. The summed E-state index contributed by atoms with van der Waals surface area (Å²) in [6.07, 6.45) is 0.474. The summed E-state index contributed by atoms with van der Waals surface area (Å²) >= 11 is 12.0. The summed E-state index contributed by atoms with van der Waals surface area (Å²) in [5.41, 5.74) is 7.68. The largest absolute Gasteiger partial charge is 0.494 e. The molecule has 20 heavy (non-hydrogen) atoms. The second-order valence-electron chi connectivity index (χ2n) is 4.45. The maximum Gasteiger partial charge on any atom is 0.165 e. The maximum absolute atomic E-state index is 13.6. The van der Waals surface area contributed by atoms with Gasteiger partial charge in [-0.25, -0.2) is 4.39 Å². The van der Waals surface area contributed by atoms with Crippen molar-refractivity contribution in [2.75, 3.05) is 7.11 Å². The minimum Gasteiger partial charge on any atom is -0.494 e. The van der Waals surface area contributed by atoms with E-state index in [4.69, 9.17) is 33.7 Å². The van der Waals surface area contributed by atoms with Crippen LogP contribution in [0, 0.1) is 5.82 Å². The molecule has 2 aromatic carbocycles. The fourth-order valence-corrected chi connectivity index (χ4v) is 2.55. The van der Waals surface area contributed by atoms with E-state index in [-0.39, 0.29) is 11.8 Å². The Bertz CT molecular complexity index is 619. The standard InChI is InChI=1S/C15H14Cl2FNO/c1-20-15-5-2-9(6-13(15)18)7-14(19)11-4-3-10(16)8-12(11)17/h2-6,8,14H,7,19H2,1H3. The number of ether oxygens (including phenoxy) is 1. The van der Waals surface area contributed by atoms with Crippen LogP contribution < -0.4 is 10.5 Å². The van der Waals surface area contributed by atoms with E-state index in [9.17, 15) is 4.39 Å². The molecule has 0 aromatic heterocycles. The van der Waals surface area contributed by atoms with Gasteiger partial charge in [0.25, 0.3) is 0 Å². The average Bonchev–Trinajstić information content (AvgIpc) is 2.38. The second-order valence-corrected chi connectivity index (χ2v) is 5.29. The predicted octanol–water partition coefficient (Wildman–Crippen LogP) is 4.38. The highest BCUT2D eigenvalue weighted by atomic mass is 35.5. The van der Waals surface area contributed by atoms with Gasteiger partial charge in [-0.15, -0.1) is 0 Å². The van der Waals surface area contributed by atoms with Gasteiger partial charge in [0.15, 0.2) is 11.6 Å². The summed E-state index contributed by atoms with van der Waals surface area (Å²) in [4.78, 5) is 0. The minimum absolute atomic E-state index is 0.215. The van der Waals surface area contributed by atoms with Gasteiger partial charge >= 0.3 is 0 Å². The van der Waals surface area contributed by atoms with Crippen LogP contribution in [0.25, 0.3) is 0 Å². The van der Waals surface area contributed by atoms with Crippen LogP contribution in [0.5, 0.6) is 5.75 Å². The minimum atomic E-state index is -0.403. The Labute approximate surface area is 127 Å². The van der Waals surface area contributed by atoms with Gasteiger partial charge in [0.2, 0.25) is 0 Å². The fourth-order valence-electron chi connectivity index (χ4n) is 2.00. The Morgan fingerprint density at radius 1 is 1.20 bits per heavy atom. The zero-order chi connectivity index (χ0) is 14.7. The topological polar surface area (TPSA) is 35.2 Å². The highest BCUT2D eigenvalue weighted by molar-refractivity contribution is 6.35. The van der Waals surface area contributed by atoms with Crippen molar-refractivity contribution in [3.8, 4) is 5.75 Å². The molecular weight excluding hydrogens is 300 g/mol. The van der Waals surface area contributed by atoms with E-state index in [1.807, 2.05) is 0 Å². The molecule has 0 radical (unpaired) electrons. The third-order valence-corrected chi connectivity index (χ3v) is 3.60. The van der Waals surface area contributed by atoms with Crippen molar-refractivity contribution in [1.82, 2.24) is 0 Å². The van der Waals surface area contributed by atoms with E-state index in [0.29, 0.717) is 16.5 Å². The third kappa shape index (κ3) is 3.42. The van der Waals surface area contributed by atoms with Gasteiger partial charge in [0, 0.05) is 16.1 Å². The summed E-state index contributed by atoms with van der Waals surface area (Å²) in [7, 11) is 1.43. The maximum atomic E-state index is 13.6. The first-order valence-corrected chi connectivity index (χ1v) is 6.80. The Morgan fingerprint density at radius 3 is 2.55 bits per heavy atom. The van der Waals surface area contributed by atoms with E-state index in [2.05, 4.69) is 0 Å². The van der Waals surface area contributed by atoms with Crippen LogP contribution in [-0.2, 0) is 6.42 Å². The molecule has 0 aliphatic rings. The smallest absolute Gasteiger partial charge is 0.165 e. The van der Waals surface area contributed by atoms with Gasteiger partial charge in [-0.2, -0.15) is 0 Å². The molecular formula is C15H14Cl2FNO. The SMILES string of the molecule is COc1ccc(CC(N)c2ccc(Cl)cc2Cl)cc1F.